The number of carbonyl (C=O) groups is 1. The lowest BCUT2D eigenvalue weighted by molar-refractivity contribution is -0.279. The lowest BCUT2D eigenvalue weighted by Crippen LogP contribution is -2.60. The highest BCUT2D eigenvalue weighted by Crippen LogP contribution is 2.42. The molecule has 1 saturated heterocycles. The van der Waals surface area contributed by atoms with Gasteiger partial charge in [0.05, 0.1) is 0 Å². The van der Waals surface area contributed by atoms with E-state index in [1.54, 1.807) is 0 Å². The van der Waals surface area contributed by atoms with Crippen LogP contribution in [0.1, 0.15) is 0 Å². The second-order valence-corrected chi connectivity index (χ2v) is 7.31. The van der Waals surface area contributed by atoms with Crippen LogP contribution in [-0.2, 0) is 9.53 Å². The summed E-state index contributed by atoms with van der Waals surface area (Å²) in [6.45, 7) is 0. The monoisotopic (exact) mass is 462 g/mol. The largest absolute Gasteiger partial charge is 0.508 e. The average Bonchev–Trinajstić information content (AvgIpc) is 2.78. The number of ether oxygens (including phenoxy) is 2. The second kappa shape index (κ2) is 8.35. The summed E-state index contributed by atoms with van der Waals surface area (Å²) in [5.74, 6) is -3.98. The molecule has 12 nitrogen and oxygen atoms in total. The van der Waals surface area contributed by atoms with Crippen molar-refractivity contribution in [3.63, 3.8) is 0 Å². The molecule has 12 heteroatoms. The second-order valence-electron chi connectivity index (χ2n) is 7.31. The fourth-order valence-corrected chi connectivity index (χ4v) is 3.34. The van der Waals surface area contributed by atoms with Gasteiger partial charge in [-0.25, -0.2) is 4.79 Å². The van der Waals surface area contributed by atoms with Gasteiger partial charge >= 0.3 is 5.97 Å². The molecule has 1 aliphatic heterocycles. The van der Waals surface area contributed by atoms with E-state index in [4.69, 9.17) is 13.9 Å². The number of carbonyl (C=O) groups excluding carboxylic acids is 1. The van der Waals surface area contributed by atoms with Gasteiger partial charge in [0.15, 0.2) is 29.3 Å². The molecule has 2 heterocycles. The van der Waals surface area contributed by atoms with Crippen LogP contribution in [-0.4, -0.2) is 72.4 Å². The van der Waals surface area contributed by atoms with Gasteiger partial charge in [0.25, 0.3) is 0 Å². The maximum Gasteiger partial charge on any atom is 0.343 e. The van der Waals surface area contributed by atoms with Crippen molar-refractivity contribution < 1.29 is 54.4 Å². The molecule has 174 valence electrons. The Morgan fingerprint density at radius 1 is 0.879 bits per heavy atom. The number of aromatic hydroxyl groups is 3. The maximum absolute atomic E-state index is 12.5. The quantitative estimate of drug-likeness (QED) is 0.146. The topological polar surface area (TPSA) is 207 Å². The summed E-state index contributed by atoms with van der Waals surface area (Å²) < 4.78 is 15.3. The number of fused-ring (bicyclic) bond motifs is 1. The number of phenols is 3. The van der Waals surface area contributed by atoms with Crippen LogP contribution in [0.5, 0.6) is 23.0 Å². The van der Waals surface area contributed by atoms with Crippen molar-refractivity contribution in [2.24, 2.45) is 0 Å². The number of hydrogen-bond donors (Lipinski definition) is 7. The van der Waals surface area contributed by atoms with Gasteiger partial charge < -0.3 is 49.6 Å². The van der Waals surface area contributed by atoms with E-state index >= 15 is 0 Å². The van der Waals surface area contributed by atoms with E-state index in [2.05, 4.69) is 0 Å². The number of phenolic OH excluding ortho intramolecular Hbond substituents is 3. The fourth-order valence-electron chi connectivity index (χ4n) is 3.34. The van der Waals surface area contributed by atoms with Crippen molar-refractivity contribution in [3.05, 3.63) is 46.6 Å². The first-order valence-corrected chi connectivity index (χ1v) is 9.50. The SMILES string of the molecule is O=C(Oc1cc2oc(-c3ccc(O)cc3)cc(=O)c2c(O)c1O)[C@H]1O[C@@H](O)[C@H](O)[C@@H](O)[C@@H]1O. The van der Waals surface area contributed by atoms with Gasteiger partial charge in [0.1, 0.15) is 40.8 Å². The zero-order valence-electron chi connectivity index (χ0n) is 16.5. The summed E-state index contributed by atoms with van der Waals surface area (Å²) in [6.07, 6.45) is -9.76. The van der Waals surface area contributed by atoms with Gasteiger partial charge in [-0.1, -0.05) is 0 Å². The highest BCUT2D eigenvalue weighted by Gasteiger charge is 2.47. The minimum absolute atomic E-state index is 0.0199. The third kappa shape index (κ3) is 3.97. The molecule has 0 saturated carbocycles. The van der Waals surface area contributed by atoms with Crippen LogP contribution in [0.2, 0.25) is 0 Å². The first kappa shape index (κ1) is 22.5. The van der Waals surface area contributed by atoms with Crippen molar-refractivity contribution in [2.45, 2.75) is 30.7 Å². The molecular weight excluding hydrogens is 444 g/mol. The summed E-state index contributed by atoms with van der Waals surface area (Å²) in [5.41, 5.74) is -0.598. The number of esters is 1. The molecule has 5 atom stereocenters. The molecule has 33 heavy (non-hydrogen) atoms. The predicted molar refractivity (Wildman–Crippen MR) is 107 cm³/mol. The van der Waals surface area contributed by atoms with Crippen LogP contribution in [0.15, 0.2) is 45.6 Å². The molecule has 0 aliphatic carbocycles. The van der Waals surface area contributed by atoms with Crippen LogP contribution in [0, 0.1) is 0 Å². The summed E-state index contributed by atoms with van der Waals surface area (Å²) in [6, 6.07) is 7.64. The Hall–Kier alpha value is -3.68. The Morgan fingerprint density at radius 2 is 1.55 bits per heavy atom. The standard InChI is InChI=1S/C21H18O12/c22-8-3-1-7(2-4-8)10-5-9(23)13-11(31-10)6-12(14(24)15(13)25)32-21(30)19-17(27)16(26)18(28)20(29)33-19/h1-6,16-20,22,24-29H/t16-,17-,18+,19-,20+/m0/s1. The number of aliphatic hydroxyl groups excluding tert-OH is 4. The highest BCUT2D eigenvalue weighted by molar-refractivity contribution is 5.91. The van der Waals surface area contributed by atoms with Gasteiger partial charge in [-0.2, -0.15) is 0 Å². The molecule has 1 aliphatic rings. The first-order valence-electron chi connectivity index (χ1n) is 9.50. The third-order valence-corrected chi connectivity index (χ3v) is 5.11. The molecule has 4 rings (SSSR count). The van der Waals surface area contributed by atoms with Crippen LogP contribution in [0.3, 0.4) is 0 Å². The number of benzene rings is 2. The minimum atomic E-state index is -2.01. The number of rotatable bonds is 3. The first-order chi connectivity index (χ1) is 15.6. The van der Waals surface area contributed by atoms with Crippen molar-refractivity contribution in [3.8, 4) is 34.3 Å². The molecule has 1 aromatic heterocycles. The van der Waals surface area contributed by atoms with Gasteiger partial charge in [-0.3, -0.25) is 4.79 Å². The van der Waals surface area contributed by atoms with Crippen molar-refractivity contribution in [2.75, 3.05) is 0 Å². The van der Waals surface area contributed by atoms with Crippen LogP contribution in [0.4, 0.5) is 0 Å². The molecule has 0 bridgehead atoms. The predicted octanol–water partition coefficient (Wildman–Crippen LogP) is -0.718. The molecule has 0 amide bonds. The lowest BCUT2D eigenvalue weighted by atomic mass is 9.99. The average molecular weight is 462 g/mol. The van der Waals surface area contributed by atoms with Crippen molar-refractivity contribution in [1.29, 1.82) is 0 Å². The molecule has 1 fully saturated rings. The summed E-state index contributed by atoms with van der Waals surface area (Å²) >= 11 is 0. The molecule has 2 aromatic carbocycles. The minimum Gasteiger partial charge on any atom is -0.508 e. The zero-order valence-corrected chi connectivity index (χ0v) is 16.5. The molecule has 0 radical (unpaired) electrons. The van der Waals surface area contributed by atoms with E-state index in [9.17, 15) is 45.3 Å². The van der Waals surface area contributed by atoms with Crippen LogP contribution in [0.25, 0.3) is 22.3 Å². The summed E-state index contributed by atoms with van der Waals surface area (Å²) in [5, 5.41) is 68.3. The van der Waals surface area contributed by atoms with E-state index in [0.29, 0.717) is 5.56 Å². The van der Waals surface area contributed by atoms with Gasteiger partial charge in [-0.05, 0) is 24.3 Å². The van der Waals surface area contributed by atoms with E-state index in [1.807, 2.05) is 0 Å². The Labute approximate surface area is 183 Å². The highest BCUT2D eigenvalue weighted by atomic mass is 16.7. The zero-order chi connectivity index (χ0) is 24.0. The van der Waals surface area contributed by atoms with Crippen molar-refractivity contribution in [1.82, 2.24) is 0 Å². The number of hydrogen-bond acceptors (Lipinski definition) is 12. The Morgan fingerprint density at radius 3 is 2.21 bits per heavy atom. The van der Waals surface area contributed by atoms with Crippen LogP contribution < -0.4 is 10.2 Å². The third-order valence-electron chi connectivity index (χ3n) is 5.11. The molecule has 3 aromatic rings. The summed E-state index contributed by atoms with van der Waals surface area (Å²) in [7, 11) is 0. The Kier molecular flexibility index (Phi) is 5.69. The molecule has 0 unspecified atom stereocenters. The molecule has 7 N–H and O–H groups in total. The molecule has 0 spiro atoms. The van der Waals surface area contributed by atoms with E-state index in [-0.39, 0.29) is 17.1 Å². The lowest BCUT2D eigenvalue weighted by Gasteiger charge is -2.36. The van der Waals surface area contributed by atoms with Gasteiger partial charge in [0, 0.05) is 17.7 Å². The smallest absolute Gasteiger partial charge is 0.343 e. The van der Waals surface area contributed by atoms with Gasteiger partial charge in [-0.15, -0.1) is 0 Å². The summed E-state index contributed by atoms with van der Waals surface area (Å²) in [4.78, 5) is 25.0. The van der Waals surface area contributed by atoms with Crippen molar-refractivity contribution >= 4 is 16.9 Å². The normalized spacial score (nSPS) is 25.2. The van der Waals surface area contributed by atoms with E-state index in [1.165, 1.54) is 24.3 Å². The maximum atomic E-state index is 12.5. The van der Waals surface area contributed by atoms with E-state index in [0.717, 1.165) is 12.1 Å². The van der Waals surface area contributed by atoms with E-state index < -0.39 is 64.7 Å². The number of aliphatic hydroxyl groups is 4. The van der Waals surface area contributed by atoms with Crippen LogP contribution >= 0.6 is 0 Å². The fraction of sp³-hybridized carbons (Fsp3) is 0.238. The molecular formula is C21H18O12. The Balaban J connectivity index is 1.72. The van der Waals surface area contributed by atoms with Gasteiger partial charge in [0.2, 0.25) is 5.75 Å². The Bertz CT molecular complexity index is 1260.